The summed E-state index contributed by atoms with van der Waals surface area (Å²) in [4.78, 5) is 33.5. The van der Waals surface area contributed by atoms with Crippen LogP contribution in [0, 0.1) is 5.92 Å². The smallest absolute Gasteiger partial charge is 0.468 e. The second-order valence-electron chi connectivity index (χ2n) is 4.12. The summed E-state index contributed by atoms with van der Waals surface area (Å²) in [6, 6.07) is 0. The Morgan fingerprint density at radius 1 is 0.905 bits per heavy atom. The van der Waals surface area contributed by atoms with Gasteiger partial charge in [-0.05, 0) is 19.3 Å². The highest BCUT2D eigenvalue weighted by molar-refractivity contribution is 5.94. The van der Waals surface area contributed by atoms with Crippen LogP contribution < -0.4 is 0 Å². The molecule has 0 saturated carbocycles. The molecule has 0 aliphatic heterocycles. The first-order valence-electron chi connectivity index (χ1n) is 6.58. The standard InChI is InChI=1S/C14H22O7/c1-18-12(15)11(13(16)19-2)9-7-5-4-6-8-10-21-14(17)20-3/h6,8,11H,4-5,7,9-10H2,1-3H3/b8-6+. The SMILES string of the molecule is COC(=O)OC/C=C/CCCCC(C(=O)OC)C(=O)OC. The molecule has 0 amide bonds. The summed E-state index contributed by atoms with van der Waals surface area (Å²) in [5.41, 5.74) is 0. The Morgan fingerprint density at radius 3 is 2.05 bits per heavy atom. The zero-order valence-electron chi connectivity index (χ0n) is 12.6. The molecule has 0 aromatic heterocycles. The first-order valence-corrected chi connectivity index (χ1v) is 6.58. The van der Waals surface area contributed by atoms with Gasteiger partial charge in [0.25, 0.3) is 0 Å². The van der Waals surface area contributed by atoms with Crippen molar-refractivity contribution in [2.24, 2.45) is 5.92 Å². The summed E-state index contributed by atoms with van der Waals surface area (Å²) in [5, 5.41) is 0. The van der Waals surface area contributed by atoms with Crippen molar-refractivity contribution in [3.8, 4) is 0 Å². The van der Waals surface area contributed by atoms with E-state index in [0.717, 1.165) is 12.8 Å². The van der Waals surface area contributed by atoms with Crippen molar-refractivity contribution in [1.82, 2.24) is 0 Å². The topological polar surface area (TPSA) is 88.1 Å². The molecule has 0 aliphatic rings. The summed E-state index contributed by atoms with van der Waals surface area (Å²) in [6.45, 7) is 0.152. The number of ether oxygens (including phenoxy) is 4. The predicted molar refractivity (Wildman–Crippen MR) is 73.5 cm³/mol. The number of carbonyl (C=O) groups is 3. The normalized spacial score (nSPS) is 10.5. The molecule has 7 nitrogen and oxygen atoms in total. The van der Waals surface area contributed by atoms with Crippen molar-refractivity contribution in [1.29, 1.82) is 0 Å². The molecular formula is C14H22O7. The number of methoxy groups -OCH3 is 3. The lowest BCUT2D eigenvalue weighted by molar-refractivity contribution is -0.159. The number of hydrogen-bond donors (Lipinski definition) is 0. The molecule has 0 bridgehead atoms. The molecule has 0 saturated heterocycles. The second kappa shape index (κ2) is 11.7. The maximum Gasteiger partial charge on any atom is 0.508 e. The third-order valence-corrected chi connectivity index (χ3v) is 2.72. The minimum atomic E-state index is -0.869. The van der Waals surface area contributed by atoms with Gasteiger partial charge in [-0.2, -0.15) is 0 Å². The van der Waals surface area contributed by atoms with Gasteiger partial charge in [0.2, 0.25) is 0 Å². The monoisotopic (exact) mass is 302 g/mol. The first kappa shape index (κ1) is 18.9. The molecule has 0 radical (unpaired) electrons. The van der Waals surface area contributed by atoms with Gasteiger partial charge >= 0.3 is 18.1 Å². The molecule has 0 aromatic rings. The number of unbranched alkanes of at least 4 members (excludes halogenated alkanes) is 2. The summed E-state index contributed by atoms with van der Waals surface area (Å²) in [7, 11) is 3.72. The number of rotatable bonds is 9. The zero-order valence-corrected chi connectivity index (χ0v) is 12.6. The van der Waals surface area contributed by atoms with E-state index >= 15 is 0 Å². The van der Waals surface area contributed by atoms with Gasteiger partial charge in [0.1, 0.15) is 6.61 Å². The van der Waals surface area contributed by atoms with Crippen LogP contribution in [0.25, 0.3) is 0 Å². The van der Waals surface area contributed by atoms with Gasteiger partial charge in [0.15, 0.2) is 5.92 Å². The minimum Gasteiger partial charge on any atom is -0.468 e. The Bertz CT molecular complexity index is 346. The number of esters is 2. The van der Waals surface area contributed by atoms with Gasteiger partial charge in [-0.1, -0.05) is 18.6 Å². The van der Waals surface area contributed by atoms with Crippen LogP contribution in [0.1, 0.15) is 25.7 Å². The van der Waals surface area contributed by atoms with Crippen molar-refractivity contribution in [3.05, 3.63) is 12.2 Å². The molecule has 21 heavy (non-hydrogen) atoms. The van der Waals surface area contributed by atoms with E-state index in [4.69, 9.17) is 0 Å². The molecule has 0 aromatic carbocycles. The summed E-state index contributed by atoms with van der Waals surface area (Å²) in [6.07, 6.45) is 5.43. The largest absolute Gasteiger partial charge is 0.508 e. The van der Waals surface area contributed by atoms with E-state index in [9.17, 15) is 14.4 Å². The predicted octanol–water partition coefficient (Wildman–Crippen LogP) is 1.85. The van der Waals surface area contributed by atoms with Gasteiger partial charge < -0.3 is 18.9 Å². The van der Waals surface area contributed by atoms with Crippen molar-refractivity contribution < 1.29 is 33.3 Å². The van der Waals surface area contributed by atoms with E-state index in [1.165, 1.54) is 21.3 Å². The minimum absolute atomic E-state index is 0.152. The van der Waals surface area contributed by atoms with Gasteiger partial charge in [-0.3, -0.25) is 9.59 Å². The van der Waals surface area contributed by atoms with Crippen LogP contribution in [0.3, 0.4) is 0 Å². The quantitative estimate of drug-likeness (QED) is 0.211. The van der Waals surface area contributed by atoms with Gasteiger partial charge in [0, 0.05) is 0 Å². The van der Waals surface area contributed by atoms with Crippen LogP contribution in [0.5, 0.6) is 0 Å². The Labute approximate surface area is 124 Å². The average molecular weight is 302 g/mol. The molecule has 0 spiro atoms. The molecule has 7 heteroatoms. The van der Waals surface area contributed by atoms with Crippen molar-refractivity contribution in [2.75, 3.05) is 27.9 Å². The molecule has 120 valence electrons. The molecule has 0 unspecified atom stereocenters. The first-order chi connectivity index (χ1) is 10.1. The molecule has 0 aliphatic carbocycles. The molecule has 0 heterocycles. The zero-order chi connectivity index (χ0) is 16.1. The van der Waals surface area contributed by atoms with E-state index < -0.39 is 24.0 Å². The molecule has 0 N–H and O–H groups in total. The Balaban J connectivity index is 3.85. The lowest BCUT2D eigenvalue weighted by Gasteiger charge is -2.11. The molecular weight excluding hydrogens is 280 g/mol. The Morgan fingerprint density at radius 2 is 1.52 bits per heavy atom. The average Bonchev–Trinajstić information content (AvgIpc) is 2.51. The third kappa shape index (κ3) is 8.67. The van der Waals surface area contributed by atoms with Crippen LogP contribution >= 0.6 is 0 Å². The lowest BCUT2D eigenvalue weighted by Crippen LogP contribution is -2.26. The van der Waals surface area contributed by atoms with Crippen LogP contribution in [-0.4, -0.2) is 46.0 Å². The fourth-order valence-corrected chi connectivity index (χ4v) is 1.59. The summed E-state index contributed by atoms with van der Waals surface area (Å²) >= 11 is 0. The van der Waals surface area contributed by atoms with E-state index in [-0.39, 0.29) is 6.61 Å². The van der Waals surface area contributed by atoms with Gasteiger partial charge in [-0.25, -0.2) is 4.79 Å². The van der Waals surface area contributed by atoms with Crippen molar-refractivity contribution in [3.63, 3.8) is 0 Å². The van der Waals surface area contributed by atoms with Crippen LogP contribution in [0.4, 0.5) is 4.79 Å². The highest BCUT2D eigenvalue weighted by Crippen LogP contribution is 2.13. The summed E-state index contributed by atoms with van der Waals surface area (Å²) < 4.78 is 18.1. The van der Waals surface area contributed by atoms with Crippen molar-refractivity contribution >= 4 is 18.1 Å². The van der Waals surface area contributed by atoms with E-state index in [0.29, 0.717) is 12.8 Å². The Kier molecular flexibility index (Phi) is 10.6. The molecule has 0 fully saturated rings. The van der Waals surface area contributed by atoms with Crippen LogP contribution in [0.15, 0.2) is 12.2 Å². The third-order valence-electron chi connectivity index (χ3n) is 2.72. The van der Waals surface area contributed by atoms with E-state index in [1.54, 1.807) is 6.08 Å². The van der Waals surface area contributed by atoms with Crippen molar-refractivity contribution in [2.45, 2.75) is 25.7 Å². The van der Waals surface area contributed by atoms with E-state index in [2.05, 4.69) is 18.9 Å². The summed E-state index contributed by atoms with van der Waals surface area (Å²) in [5.74, 6) is -2.03. The fourth-order valence-electron chi connectivity index (χ4n) is 1.59. The fraction of sp³-hybridized carbons (Fsp3) is 0.643. The number of allylic oxidation sites excluding steroid dienone is 1. The van der Waals surface area contributed by atoms with Crippen LogP contribution in [-0.2, 0) is 28.5 Å². The molecule has 0 rings (SSSR count). The van der Waals surface area contributed by atoms with Gasteiger partial charge in [0.05, 0.1) is 21.3 Å². The van der Waals surface area contributed by atoms with Crippen LogP contribution in [0.2, 0.25) is 0 Å². The number of hydrogen-bond acceptors (Lipinski definition) is 7. The highest BCUT2D eigenvalue weighted by Gasteiger charge is 2.27. The maximum absolute atomic E-state index is 11.4. The Hall–Kier alpha value is -2.05. The molecule has 0 atom stereocenters. The van der Waals surface area contributed by atoms with Gasteiger partial charge in [-0.15, -0.1) is 0 Å². The second-order valence-corrected chi connectivity index (χ2v) is 4.12. The maximum atomic E-state index is 11.4. The lowest BCUT2D eigenvalue weighted by atomic mass is 10.0. The number of carbonyl (C=O) groups excluding carboxylic acids is 3. The highest BCUT2D eigenvalue weighted by atomic mass is 16.7. The van der Waals surface area contributed by atoms with E-state index in [1.807, 2.05) is 6.08 Å².